The van der Waals surface area contributed by atoms with Gasteiger partial charge in [-0.3, -0.25) is 0 Å². The lowest BCUT2D eigenvalue weighted by Gasteiger charge is -2.26. The number of benzene rings is 2. The van der Waals surface area contributed by atoms with Crippen molar-refractivity contribution < 1.29 is 9.84 Å². The Kier molecular flexibility index (Phi) is 6.85. The number of hydrogen-bond donors (Lipinski definition) is 2. The third-order valence-electron chi connectivity index (χ3n) is 4.51. The molecular formula is C21H30N2O2. The zero-order valence-electron chi connectivity index (χ0n) is 15.7. The molecule has 0 heterocycles. The van der Waals surface area contributed by atoms with E-state index in [9.17, 15) is 5.11 Å². The highest BCUT2D eigenvalue weighted by Crippen LogP contribution is 2.23. The van der Waals surface area contributed by atoms with Crippen LogP contribution in [0.5, 0.6) is 5.75 Å². The van der Waals surface area contributed by atoms with Crippen LogP contribution in [0.2, 0.25) is 0 Å². The number of ether oxygens (including phenoxy) is 1. The van der Waals surface area contributed by atoms with Crippen LogP contribution in [0, 0.1) is 0 Å². The van der Waals surface area contributed by atoms with Gasteiger partial charge in [0, 0.05) is 30.4 Å². The summed E-state index contributed by atoms with van der Waals surface area (Å²) >= 11 is 0. The average molecular weight is 342 g/mol. The molecule has 0 unspecified atom stereocenters. The van der Waals surface area contributed by atoms with Gasteiger partial charge < -0.3 is 20.1 Å². The first-order valence-electron chi connectivity index (χ1n) is 8.74. The highest BCUT2D eigenvalue weighted by Gasteiger charge is 2.15. The molecule has 0 fully saturated rings. The van der Waals surface area contributed by atoms with Crippen molar-refractivity contribution in [2.45, 2.75) is 32.4 Å². The molecule has 4 heteroatoms. The fourth-order valence-corrected chi connectivity index (χ4v) is 2.81. The predicted octanol–water partition coefficient (Wildman–Crippen LogP) is 3.23. The van der Waals surface area contributed by atoms with Gasteiger partial charge in [-0.15, -0.1) is 0 Å². The van der Waals surface area contributed by atoms with E-state index in [0.717, 1.165) is 24.4 Å². The fraction of sp³-hybridized carbons (Fsp3) is 0.429. The summed E-state index contributed by atoms with van der Waals surface area (Å²) in [7, 11) is 3.66. The van der Waals surface area contributed by atoms with Crippen molar-refractivity contribution in [1.29, 1.82) is 0 Å². The Morgan fingerprint density at radius 1 is 1.08 bits per heavy atom. The SMILES string of the molecule is CNC(C)(C)Cc1ccc(CN(CCO)c2cccc(OC)c2)cc1. The van der Waals surface area contributed by atoms with Crippen LogP contribution in [0.25, 0.3) is 0 Å². The smallest absolute Gasteiger partial charge is 0.120 e. The lowest BCUT2D eigenvalue weighted by atomic mass is 9.94. The molecular weight excluding hydrogens is 312 g/mol. The molecule has 0 aromatic heterocycles. The van der Waals surface area contributed by atoms with Gasteiger partial charge in [-0.25, -0.2) is 0 Å². The second kappa shape index (κ2) is 8.88. The molecule has 2 aromatic rings. The second-order valence-electron chi connectivity index (χ2n) is 6.97. The number of hydrogen-bond acceptors (Lipinski definition) is 4. The number of nitrogens with one attached hydrogen (secondary N) is 1. The average Bonchev–Trinajstić information content (AvgIpc) is 2.63. The third-order valence-corrected chi connectivity index (χ3v) is 4.51. The number of likely N-dealkylation sites (N-methyl/N-ethyl adjacent to an activating group) is 1. The van der Waals surface area contributed by atoms with Crippen LogP contribution >= 0.6 is 0 Å². The number of aliphatic hydroxyl groups excluding tert-OH is 1. The molecule has 0 atom stereocenters. The van der Waals surface area contributed by atoms with Gasteiger partial charge in [-0.05, 0) is 50.6 Å². The van der Waals surface area contributed by atoms with Gasteiger partial charge in [0.1, 0.15) is 5.75 Å². The molecule has 136 valence electrons. The Bertz CT molecular complexity index is 653. The molecule has 2 aromatic carbocycles. The zero-order valence-corrected chi connectivity index (χ0v) is 15.7. The Morgan fingerprint density at radius 2 is 1.76 bits per heavy atom. The van der Waals surface area contributed by atoms with E-state index in [0.29, 0.717) is 6.54 Å². The van der Waals surface area contributed by atoms with Gasteiger partial charge in [-0.2, -0.15) is 0 Å². The van der Waals surface area contributed by atoms with Gasteiger partial charge in [0.2, 0.25) is 0 Å². The van der Waals surface area contributed by atoms with Crippen molar-refractivity contribution in [2.24, 2.45) is 0 Å². The van der Waals surface area contributed by atoms with Crippen LogP contribution in [-0.4, -0.2) is 38.0 Å². The maximum absolute atomic E-state index is 9.42. The fourth-order valence-electron chi connectivity index (χ4n) is 2.81. The summed E-state index contributed by atoms with van der Waals surface area (Å²) in [5.41, 5.74) is 3.68. The Morgan fingerprint density at radius 3 is 2.36 bits per heavy atom. The lowest BCUT2D eigenvalue weighted by molar-refractivity contribution is 0.301. The zero-order chi connectivity index (χ0) is 18.3. The number of rotatable bonds is 9. The second-order valence-corrected chi connectivity index (χ2v) is 6.97. The molecule has 0 amide bonds. The van der Waals surface area contributed by atoms with Gasteiger partial charge in [-0.1, -0.05) is 30.3 Å². The van der Waals surface area contributed by atoms with Crippen LogP contribution in [0.15, 0.2) is 48.5 Å². The van der Waals surface area contributed by atoms with E-state index in [2.05, 4.69) is 48.3 Å². The van der Waals surface area contributed by atoms with Crippen molar-refractivity contribution >= 4 is 5.69 Å². The van der Waals surface area contributed by atoms with Crippen LogP contribution in [0.3, 0.4) is 0 Å². The van der Waals surface area contributed by atoms with E-state index < -0.39 is 0 Å². The maximum atomic E-state index is 9.42. The van der Waals surface area contributed by atoms with E-state index in [4.69, 9.17) is 4.74 Å². The van der Waals surface area contributed by atoms with Gasteiger partial charge in [0.15, 0.2) is 0 Å². The highest BCUT2D eigenvalue weighted by molar-refractivity contribution is 5.51. The molecule has 2 rings (SSSR count). The minimum absolute atomic E-state index is 0.0883. The topological polar surface area (TPSA) is 44.7 Å². The van der Waals surface area contributed by atoms with E-state index in [1.807, 2.05) is 31.3 Å². The van der Waals surface area contributed by atoms with Gasteiger partial charge >= 0.3 is 0 Å². The number of methoxy groups -OCH3 is 1. The maximum Gasteiger partial charge on any atom is 0.120 e. The van der Waals surface area contributed by atoms with Crippen LogP contribution in [0.1, 0.15) is 25.0 Å². The molecule has 2 N–H and O–H groups in total. The molecule has 0 saturated heterocycles. The predicted molar refractivity (Wildman–Crippen MR) is 104 cm³/mol. The van der Waals surface area contributed by atoms with Crippen molar-refractivity contribution in [3.05, 3.63) is 59.7 Å². The minimum atomic E-state index is 0.0883. The summed E-state index contributed by atoms with van der Waals surface area (Å²) in [6.45, 7) is 5.86. The number of aliphatic hydroxyl groups is 1. The first kappa shape index (κ1) is 19.3. The lowest BCUT2D eigenvalue weighted by Crippen LogP contribution is -2.38. The van der Waals surface area contributed by atoms with Crippen LogP contribution in [-0.2, 0) is 13.0 Å². The molecule has 4 nitrogen and oxygen atoms in total. The molecule has 0 bridgehead atoms. The largest absolute Gasteiger partial charge is 0.497 e. The summed E-state index contributed by atoms with van der Waals surface area (Å²) in [5.74, 6) is 0.824. The first-order chi connectivity index (χ1) is 12.0. The minimum Gasteiger partial charge on any atom is -0.497 e. The molecule has 0 saturated carbocycles. The summed E-state index contributed by atoms with van der Waals surface area (Å²) < 4.78 is 5.31. The summed E-state index contributed by atoms with van der Waals surface area (Å²) in [5, 5.41) is 12.8. The molecule has 0 aliphatic carbocycles. The van der Waals surface area contributed by atoms with Gasteiger partial charge in [0.25, 0.3) is 0 Å². The van der Waals surface area contributed by atoms with Crippen molar-refractivity contribution in [3.8, 4) is 5.75 Å². The standard InChI is InChI=1S/C21H30N2O2/c1-21(2,22-3)15-17-8-10-18(11-9-17)16-23(12-13-24)19-6-5-7-20(14-19)25-4/h5-11,14,22,24H,12-13,15-16H2,1-4H3. The molecule has 0 spiro atoms. The molecule has 0 aliphatic rings. The Hall–Kier alpha value is -2.04. The summed E-state index contributed by atoms with van der Waals surface area (Å²) in [6, 6.07) is 16.7. The van der Waals surface area contributed by atoms with E-state index in [-0.39, 0.29) is 12.1 Å². The van der Waals surface area contributed by atoms with E-state index >= 15 is 0 Å². The van der Waals surface area contributed by atoms with Crippen molar-refractivity contribution in [3.63, 3.8) is 0 Å². The third kappa shape index (κ3) is 5.76. The number of nitrogens with zero attached hydrogens (tertiary/aromatic N) is 1. The van der Waals surface area contributed by atoms with Crippen LogP contribution in [0.4, 0.5) is 5.69 Å². The molecule has 0 radical (unpaired) electrons. The first-order valence-corrected chi connectivity index (χ1v) is 8.74. The quantitative estimate of drug-likeness (QED) is 0.734. The molecule has 0 aliphatic heterocycles. The van der Waals surface area contributed by atoms with Crippen molar-refractivity contribution in [2.75, 3.05) is 32.2 Å². The van der Waals surface area contributed by atoms with E-state index in [1.54, 1.807) is 7.11 Å². The van der Waals surface area contributed by atoms with E-state index in [1.165, 1.54) is 11.1 Å². The normalized spacial score (nSPS) is 11.4. The van der Waals surface area contributed by atoms with Crippen LogP contribution < -0.4 is 15.0 Å². The van der Waals surface area contributed by atoms with Gasteiger partial charge in [0.05, 0.1) is 13.7 Å². The monoisotopic (exact) mass is 342 g/mol. The summed E-state index contributed by atoms with van der Waals surface area (Å²) in [4.78, 5) is 2.16. The Balaban J connectivity index is 2.11. The number of anilines is 1. The highest BCUT2D eigenvalue weighted by atomic mass is 16.5. The van der Waals surface area contributed by atoms with Crippen molar-refractivity contribution in [1.82, 2.24) is 5.32 Å². The summed E-state index contributed by atoms with van der Waals surface area (Å²) in [6.07, 6.45) is 0.986. The molecule has 25 heavy (non-hydrogen) atoms. The Labute approximate surface area is 151 Å².